The number of ether oxygens (including phenoxy) is 1. The number of pyridine rings is 1. The summed E-state index contributed by atoms with van der Waals surface area (Å²) in [6, 6.07) is 3.62. The van der Waals surface area contributed by atoms with Crippen molar-refractivity contribution < 1.29 is 9.53 Å². The highest BCUT2D eigenvalue weighted by atomic mass is 16.5. The number of rotatable bonds is 4. The van der Waals surface area contributed by atoms with Crippen LogP contribution in [-0.2, 0) is 4.74 Å². The molecule has 1 amide bonds. The van der Waals surface area contributed by atoms with Crippen molar-refractivity contribution in [1.29, 1.82) is 0 Å². The Bertz CT molecular complexity index is 417. The molecule has 0 spiro atoms. The molecule has 0 aromatic carbocycles. The first-order chi connectivity index (χ1) is 8.55. The third kappa shape index (κ3) is 2.38. The fourth-order valence-corrected chi connectivity index (χ4v) is 2.36. The summed E-state index contributed by atoms with van der Waals surface area (Å²) in [5.74, 6) is -0.0366. The SMILES string of the molecule is CCO[C@@H]1C[C@H](NC(=O)c2ccncc2)C1(C)C. The quantitative estimate of drug-likeness (QED) is 0.886. The standard InChI is InChI=1S/C14H20N2O2/c1-4-18-12-9-11(14(12,2)3)16-13(17)10-5-7-15-8-6-10/h5-8,11-12H,4,9H2,1-3H3,(H,16,17)/t11-,12+/m0/s1. The fraction of sp³-hybridized carbons (Fsp3) is 0.571. The minimum absolute atomic E-state index is 0.00129. The lowest BCUT2D eigenvalue weighted by atomic mass is 9.64. The molecular weight excluding hydrogens is 228 g/mol. The second kappa shape index (κ2) is 5.06. The van der Waals surface area contributed by atoms with E-state index in [1.165, 1.54) is 0 Å². The summed E-state index contributed by atoms with van der Waals surface area (Å²) in [6.07, 6.45) is 4.39. The summed E-state index contributed by atoms with van der Waals surface area (Å²) in [7, 11) is 0. The van der Waals surface area contributed by atoms with Crippen LogP contribution >= 0.6 is 0 Å². The van der Waals surface area contributed by atoms with Crippen molar-refractivity contribution in [2.24, 2.45) is 5.41 Å². The minimum Gasteiger partial charge on any atom is -0.378 e. The summed E-state index contributed by atoms with van der Waals surface area (Å²) in [6.45, 7) is 6.99. The number of carbonyl (C=O) groups is 1. The van der Waals surface area contributed by atoms with E-state index in [1.807, 2.05) is 6.92 Å². The Morgan fingerprint density at radius 2 is 2.17 bits per heavy atom. The molecule has 1 fully saturated rings. The van der Waals surface area contributed by atoms with Gasteiger partial charge in [0.05, 0.1) is 6.10 Å². The van der Waals surface area contributed by atoms with E-state index in [4.69, 9.17) is 4.74 Å². The Morgan fingerprint density at radius 3 is 2.72 bits per heavy atom. The molecule has 4 heteroatoms. The van der Waals surface area contributed by atoms with E-state index in [0.717, 1.165) is 13.0 Å². The van der Waals surface area contributed by atoms with Crippen LogP contribution in [-0.4, -0.2) is 29.6 Å². The number of hydrogen-bond donors (Lipinski definition) is 1. The van der Waals surface area contributed by atoms with E-state index >= 15 is 0 Å². The molecule has 1 aliphatic rings. The first-order valence-electron chi connectivity index (χ1n) is 6.38. The predicted molar refractivity (Wildman–Crippen MR) is 69.3 cm³/mol. The maximum atomic E-state index is 12.0. The van der Waals surface area contributed by atoms with Gasteiger partial charge in [0, 0.05) is 36.0 Å². The van der Waals surface area contributed by atoms with Gasteiger partial charge in [-0.25, -0.2) is 0 Å². The number of nitrogens with zero attached hydrogens (tertiary/aromatic N) is 1. The van der Waals surface area contributed by atoms with Gasteiger partial charge >= 0.3 is 0 Å². The van der Waals surface area contributed by atoms with Crippen LogP contribution in [0.2, 0.25) is 0 Å². The molecule has 98 valence electrons. The van der Waals surface area contributed by atoms with Crippen LogP contribution in [0, 0.1) is 5.41 Å². The average molecular weight is 248 g/mol. The lowest BCUT2D eigenvalue weighted by Gasteiger charge is -2.51. The Balaban J connectivity index is 1.94. The third-order valence-corrected chi connectivity index (χ3v) is 3.79. The molecule has 1 aliphatic carbocycles. The molecule has 1 aromatic heterocycles. The monoisotopic (exact) mass is 248 g/mol. The zero-order valence-corrected chi connectivity index (χ0v) is 11.1. The number of nitrogens with one attached hydrogen (secondary N) is 1. The van der Waals surface area contributed by atoms with Crippen molar-refractivity contribution in [3.05, 3.63) is 30.1 Å². The van der Waals surface area contributed by atoms with Gasteiger partial charge in [0.15, 0.2) is 0 Å². The minimum atomic E-state index is -0.0366. The zero-order valence-electron chi connectivity index (χ0n) is 11.1. The molecule has 4 nitrogen and oxygen atoms in total. The second-order valence-electron chi connectivity index (χ2n) is 5.26. The largest absolute Gasteiger partial charge is 0.378 e. The van der Waals surface area contributed by atoms with Crippen molar-refractivity contribution >= 4 is 5.91 Å². The lowest BCUT2D eigenvalue weighted by Crippen LogP contribution is -2.62. The maximum absolute atomic E-state index is 12.0. The number of hydrogen-bond acceptors (Lipinski definition) is 3. The van der Waals surface area contributed by atoms with Gasteiger partial charge in [0.25, 0.3) is 5.91 Å². The van der Waals surface area contributed by atoms with E-state index in [9.17, 15) is 4.79 Å². The molecular formula is C14H20N2O2. The molecule has 0 bridgehead atoms. The van der Waals surface area contributed by atoms with Crippen LogP contribution in [0.1, 0.15) is 37.6 Å². The van der Waals surface area contributed by atoms with Gasteiger partial charge in [0.1, 0.15) is 0 Å². The fourth-order valence-electron chi connectivity index (χ4n) is 2.36. The summed E-state index contributed by atoms with van der Waals surface area (Å²) in [5.41, 5.74) is 0.652. The molecule has 1 saturated carbocycles. The third-order valence-electron chi connectivity index (χ3n) is 3.79. The number of amides is 1. The summed E-state index contributed by atoms with van der Waals surface area (Å²) < 4.78 is 5.65. The van der Waals surface area contributed by atoms with E-state index < -0.39 is 0 Å². The Kier molecular flexibility index (Phi) is 3.66. The molecule has 1 aromatic rings. The molecule has 0 unspecified atom stereocenters. The van der Waals surface area contributed by atoms with Gasteiger partial charge in [-0.2, -0.15) is 0 Å². The van der Waals surface area contributed by atoms with Gasteiger partial charge in [-0.1, -0.05) is 13.8 Å². The van der Waals surface area contributed by atoms with Crippen LogP contribution < -0.4 is 5.32 Å². The Hall–Kier alpha value is -1.42. The first-order valence-corrected chi connectivity index (χ1v) is 6.38. The van der Waals surface area contributed by atoms with Crippen LogP contribution in [0.5, 0.6) is 0 Å². The summed E-state index contributed by atoms with van der Waals surface area (Å²) in [4.78, 5) is 15.9. The molecule has 2 atom stereocenters. The van der Waals surface area contributed by atoms with Gasteiger partial charge in [-0.05, 0) is 25.5 Å². The van der Waals surface area contributed by atoms with E-state index in [2.05, 4.69) is 24.1 Å². The van der Waals surface area contributed by atoms with Crippen LogP contribution in [0.3, 0.4) is 0 Å². The van der Waals surface area contributed by atoms with E-state index in [1.54, 1.807) is 24.5 Å². The Morgan fingerprint density at radius 1 is 1.50 bits per heavy atom. The highest BCUT2D eigenvalue weighted by molar-refractivity contribution is 5.94. The number of carbonyl (C=O) groups excluding carboxylic acids is 1. The van der Waals surface area contributed by atoms with Gasteiger partial charge in [0.2, 0.25) is 0 Å². The maximum Gasteiger partial charge on any atom is 0.251 e. The predicted octanol–water partition coefficient (Wildman–Crippen LogP) is 2.02. The molecule has 1 heterocycles. The summed E-state index contributed by atoms with van der Waals surface area (Å²) >= 11 is 0. The molecule has 18 heavy (non-hydrogen) atoms. The van der Waals surface area contributed by atoms with Gasteiger partial charge in [-0.15, -0.1) is 0 Å². The van der Waals surface area contributed by atoms with Crippen molar-refractivity contribution in [3.63, 3.8) is 0 Å². The van der Waals surface area contributed by atoms with Gasteiger partial charge in [-0.3, -0.25) is 9.78 Å². The normalized spacial score (nSPS) is 25.3. The van der Waals surface area contributed by atoms with Crippen LogP contribution in [0.25, 0.3) is 0 Å². The van der Waals surface area contributed by atoms with Crippen molar-refractivity contribution in [3.8, 4) is 0 Å². The lowest BCUT2D eigenvalue weighted by molar-refractivity contribution is -0.111. The molecule has 0 radical (unpaired) electrons. The average Bonchev–Trinajstić information content (AvgIpc) is 2.38. The second-order valence-corrected chi connectivity index (χ2v) is 5.26. The van der Waals surface area contributed by atoms with Crippen LogP contribution in [0.4, 0.5) is 0 Å². The highest BCUT2D eigenvalue weighted by Crippen LogP contribution is 2.42. The van der Waals surface area contributed by atoms with E-state index in [-0.39, 0.29) is 23.5 Å². The highest BCUT2D eigenvalue weighted by Gasteiger charge is 2.49. The van der Waals surface area contributed by atoms with Crippen LogP contribution in [0.15, 0.2) is 24.5 Å². The van der Waals surface area contributed by atoms with E-state index in [0.29, 0.717) is 5.56 Å². The molecule has 1 N–H and O–H groups in total. The van der Waals surface area contributed by atoms with Crippen molar-refractivity contribution in [2.75, 3.05) is 6.61 Å². The van der Waals surface area contributed by atoms with Crippen molar-refractivity contribution in [1.82, 2.24) is 10.3 Å². The molecule has 2 rings (SSSR count). The van der Waals surface area contributed by atoms with Gasteiger partial charge < -0.3 is 10.1 Å². The zero-order chi connectivity index (χ0) is 13.2. The Labute approximate surface area is 108 Å². The topological polar surface area (TPSA) is 51.2 Å². The molecule has 0 saturated heterocycles. The smallest absolute Gasteiger partial charge is 0.251 e. The summed E-state index contributed by atoms with van der Waals surface area (Å²) in [5, 5.41) is 3.06. The molecule has 0 aliphatic heterocycles. The van der Waals surface area contributed by atoms with Crippen molar-refractivity contribution in [2.45, 2.75) is 39.3 Å². The number of aromatic nitrogens is 1. The first kappa shape index (κ1) is 13.0.